The fourth-order valence-electron chi connectivity index (χ4n) is 1.50. The van der Waals surface area contributed by atoms with Gasteiger partial charge in [0, 0.05) is 19.3 Å². The molecule has 0 unspecified atom stereocenters. The number of nitrogens with two attached hydrogens (primary N) is 1. The molecule has 8 heteroatoms. The van der Waals surface area contributed by atoms with Gasteiger partial charge in [-0.15, -0.1) is 0 Å². The highest BCUT2D eigenvalue weighted by Gasteiger charge is 2.17. The van der Waals surface area contributed by atoms with E-state index >= 15 is 0 Å². The number of rotatable bonds is 6. The van der Waals surface area contributed by atoms with Crippen molar-refractivity contribution in [3.63, 3.8) is 0 Å². The Kier molecular flexibility index (Phi) is 5.08. The van der Waals surface area contributed by atoms with Gasteiger partial charge in [0.1, 0.15) is 9.84 Å². The molecule has 1 rings (SSSR count). The number of hydrogen-bond acceptors (Lipinski definition) is 5. The summed E-state index contributed by atoms with van der Waals surface area (Å²) in [4.78, 5) is 0.129. The molecule has 1 aromatic rings. The molecule has 0 bridgehead atoms. The Balaban J connectivity index is 2.94. The lowest BCUT2D eigenvalue weighted by molar-refractivity contribution is 0.581. The molecule has 0 saturated heterocycles. The average Bonchev–Trinajstić information content (AvgIpc) is 2.27. The first-order valence-electron chi connectivity index (χ1n) is 5.63. The summed E-state index contributed by atoms with van der Waals surface area (Å²) in [6.07, 6.45) is 1.06. The van der Waals surface area contributed by atoms with Crippen LogP contribution < -0.4 is 10.5 Å². The standard InChI is InChI=1S/C11H18N2O4S2/c1-9-3-4-10(8-12)7-11(9)19(16,17)13-5-6-18(2,14)15/h3-4,7,13H,5-6,8,12H2,1-2H3. The predicted molar refractivity (Wildman–Crippen MR) is 74.0 cm³/mol. The molecule has 0 aliphatic rings. The van der Waals surface area contributed by atoms with Crippen LogP contribution in [0.3, 0.4) is 0 Å². The predicted octanol–water partition coefficient (Wildman–Crippen LogP) is -0.223. The third-order valence-electron chi connectivity index (χ3n) is 2.54. The van der Waals surface area contributed by atoms with Crippen LogP contribution in [0.4, 0.5) is 0 Å². The molecule has 0 radical (unpaired) electrons. The molecule has 6 nitrogen and oxygen atoms in total. The molecule has 3 N–H and O–H groups in total. The fourth-order valence-corrected chi connectivity index (χ4v) is 3.43. The van der Waals surface area contributed by atoms with Crippen LogP contribution in [0.5, 0.6) is 0 Å². The molecule has 108 valence electrons. The summed E-state index contributed by atoms with van der Waals surface area (Å²) in [5, 5.41) is 0. The van der Waals surface area contributed by atoms with E-state index in [4.69, 9.17) is 5.73 Å². The number of sulfone groups is 1. The summed E-state index contributed by atoms with van der Waals surface area (Å²) in [5.41, 5.74) is 6.76. The third-order valence-corrected chi connectivity index (χ3v) is 5.09. The third kappa shape index (κ3) is 4.90. The van der Waals surface area contributed by atoms with E-state index in [0.717, 1.165) is 6.26 Å². The van der Waals surface area contributed by atoms with Crippen molar-refractivity contribution in [2.45, 2.75) is 18.4 Å². The summed E-state index contributed by atoms with van der Waals surface area (Å²) < 4.78 is 48.3. The van der Waals surface area contributed by atoms with Gasteiger partial charge in [-0.2, -0.15) is 0 Å². The van der Waals surface area contributed by atoms with Crippen LogP contribution in [-0.2, 0) is 26.4 Å². The minimum atomic E-state index is -3.72. The van der Waals surface area contributed by atoms with Crippen LogP contribution in [0.15, 0.2) is 23.1 Å². The zero-order valence-electron chi connectivity index (χ0n) is 10.9. The summed E-state index contributed by atoms with van der Waals surface area (Å²) in [6, 6.07) is 4.93. The molecule has 0 fully saturated rings. The maximum atomic E-state index is 12.1. The zero-order chi connectivity index (χ0) is 14.7. The summed E-state index contributed by atoms with van der Waals surface area (Å²) >= 11 is 0. The van der Waals surface area contributed by atoms with Gasteiger partial charge in [0.25, 0.3) is 0 Å². The van der Waals surface area contributed by atoms with Crippen LogP contribution in [-0.4, -0.2) is 35.4 Å². The second-order valence-corrected chi connectivity index (χ2v) is 8.33. The molecule has 0 spiro atoms. The lowest BCUT2D eigenvalue weighted by Crippen LogP contribution is -2.29. The molecular weight excluding hydrogens is 288 g/mol. The lowest BCUT2D eigenvalue weighted by Gasteiger charge is -2.10. The van der Waals surface area contributed by atoms with Gasteiger partial charge in [0.15, 0.2) is 0 Å². The van der Waals surface area contributed by atoms with E-state index in [-0.39, 0.29) is 23.7 Å². The van der Waals surface area contributed by atoms with Gasteiger partial charge in [-0.25, -0.2) is 21.6 Å². The highest BCUT2D eigenvalue weighted by Crippen LogP contribution is 2.16. The van der Waals surface area contributed by atoms with Crippen molar-refractivity contribution in [2.75, 3.05) is 18.6 Å². The Labute approximate surface area is 114 Å². The van der Waals surface area contributed by atoms with E-state index in [1.54, 1.807) is 19.1 Å². The Bertz CT molecular complexity index is 651. The first-order chi connectivity index (χ1) is 8.65. The normalized spacial score (nSPS) is 12.6. The number of sulfonamides is 1. The van der Waals surface area contributed by atoms with E-state index in [1.807, 2.05) is 0 Å². The van der Waals surface area contributed by atoms with Crippen LogP contribution in [0.25, 0.3) is 0 Å². The Morgan fingerprint density at radius 3 is 2.37 bits per heavy atom. The Morgan fingerprint density at radius 1 is 1.21 bits per heavy atom. The summed E-state index contributed by atoms with van der Waals surface area (Å²) in [5.74, 6) is -0.234. The van der Waals surface area contributed by atoms with Crippen molar-refractivity contribution in [1.82, 2.24) is 4.72 Å². The zero-order valence-corrected chi connectivity index (χ0v) is 12.5. The van der Waals surface area contributed by atoms with Crippen molar-refractivity contribution in [3.8, 4) is 0 Å². The number of hydrogen-bond donors (Lipinski definition) is 2. The van der Waals surface area contributed by atoms with E-state index in [9.17, 15) is 16.8 Å². The number of aryl methyl sites for hydroxylation is 1. The summed E-state index contributed by atoms with van der Waals surface area (Å²) in [6.45, 7) is 1.77. The Morgan fingerprint density at radius 2 is 1.84 bits per heavy atom. The molecule has 0 saturated carbocycles. The first kappa shape index (κ1) is 16.1. The van der Waals surface area contributed by atoms with Crippen molar-refractivity contribution in [2.24, 2.45) is 5.73 Å². The monoisotopic (exact) mass is 306 g/mol. The van der Waals surface area contributed by atoms with Crippen molar-refractivity contribution < 1.29 is 16.8 Å². The van der Waals surface area contributed by atoms with Crippen LogP contribution >= 0.6 is 0 Å². The quantitative estimate of drug-likeness (QED) is 0.755. The van der Waals surface area contributed by atoms with E-state index in [0.29, 0.717) is 11.1 Å². The average molecular weight is 306 g/mol. The molecule has 0 aromatic heterocycles. The number of benzene rings is 1. The van der Waals surface area contributed by atoms with Crippen molar-refractivity contribution in [3.05, 3.63) is 29.3 Å². The van der Waals surface area contributed by atoms with Gasteiger partial charge in [-0.05, 0) is 24.1 Å². The highest BCUT2D eigenvalue weighted by atomic mass is 32.2. The van der Waals surface area contributed by atoms with Gasteiger partial charge in [0.05, 0.1) is 10.6 Å². The van der Waals surface area contributed by atoms with Gasteiger partial charge in [-0.1, -0.05) is 12.1 Å². The smallest absolute Gasteiger partial charge is 0.240 e. The SMILES string of the molecule is Cc1ccc(CN)cc1S(=O)(=O)NCCS(C)(=O)=O. The highest BCUT2D eigenvalue weighted by molar-refractivity contribution is 7.91. The summed E-state index contributed by atoms with van der Waals surface area (Å²) in [7, 11) is -6.91. The topological polar surface area (TPSA) is 106 Å². The van der Waals surface area contributed by atoms with Crippen LogP contribution in [0.1, 0.15) is 11.1 Å². The second kappa shape index (κ2) is 6.00. The molecule has 0 aliphatic heterocycles. The van der Waals surface area contributed by atoms with Crippen molar-refractivity contribution >= 4 is 19.9 Å². The second-order valence-electron chi connectivity index (χ2n) is 4.33. The minimum absolute atomic E-state index is 0.129. The van der Waals surface area contributed by atoms with Gasteiger partial charge < -0.3 is 5.73 Å². The maximum absolute atomic E-state index is 12.1. The molecule has 0 aliphatic carbocycles. The number of nitrogens with one attached hydrogen (secondary N) is 1. The molecule has 0 atom stereocenters. The molecule has 0 heterocycles. The lowest BCUT2D eigenvalue weighted by atomic mass is 10.1. The van der Waals surface area contributed by atoms with Crippen molar-refractivity contribution in [1.29, 1.82) is 0 Å². The van der Waals surface area contributed by atoms with E-state index in [2.05, 4.69) is 4.72 Å². The molecule has 0 amide bonds. The van der Waals surface area contributed by atoms with Crippen LogP contribution in [0, 0.1) is 6.92 Å². The largest absolute Gasteiger partial charge is 0.326 e. The van der Waals surface area contributed by atoms with Gasteiger partial charge in [0.2, 0.25) is 10.0 Å². The minimum Gasteiger partial charge on any atom is -0.326 e. The van der Waals surface area contributed by atoms with Crippen LogP contribution in [0.2, 0.25) is 0 Å². The fraction of sp³-hybridized carbons (Fsp3) is 0.455. The van der Waals surface area contributed by atoms with Gasteiger partial charge in [-0.3, -0.25) is 0 Å². The van der Waals surface area contributed by atoms with E-state index < -0.39 is 19.9 Å². The molecule has 19 heavy (non-hydrogen) atoms. The Hall–Kier alpha value is -0.960. The maximum Gasteiger partial charge on any atom is 0.240 e. The van der Waals surface area contributed by atoms with E-state index in [1.165, 1.54) is 6.07 Å². The first-order valence-corrected chi connectivity index (χ1v) is 9.17. The van der Waals surface area contributed by atoms with Gasteiger partial charge >= 0.3 is 0 Å². The molecular formula is C11H18N2O4S2. The molecule has 1 aromatic carbocycles.